The van der Waals surface area contributed by atoms with Gasteiger partial charge in [-0.05, 0) is 24.8 Å². The molecule has 1 aliphatic rings. The molecule has 19 heavy (non-hydrogen) atoms. The molecule has 1 saturated carbocycles. The maximum atomic E-state index is 12.0. The zero-order valence-corrected chi connectivity index (χ0v) is 10.8. The van der Waals surface area contributed by atoms with Crippen molar-refractivity contribution in [2.75, 3.05) is 5.73 Å². The van der Waals surface area contributed by atoms with Crippen LogP contribution in [0.15, 0.2) is 18.2 Å². The summed E-state index contributed by atoms with van der Waals surface area (Å²) in [6, 6.07) is 4.10. The van der Waals surface area contributed by atoms with Crippen molar-refractivity contribution in [2.24, 2.45) is 5.92 Å². The highest BCUT2D eigenvalue weighted by atomic mass is 16.6. The second-order valence-electron chi connectivity index (χ2n) is 4.89. The summed E-state index contributed by atoms with van der Waals surface area (Å²) in [5.74, 6) is 0.207. The van der Waals surface area contributed by atoms with Gasteiger partial charge in [-0.15, -0.1) is 0 Å². The molecule has 0 aromatic heterocycles. The van der Waals surface area contributed by atoms with Gasteiger partial charge in [-0.1, -0.05) is 13.3 Å². The number of nitrogens with one attached hydrogen (secondary N) is 1. The molecule has 2 rings (SSSR count). The number of rotatable bonds is 5. The lowest BCUT2D eigenvalue weighted by molar-refractivity contribution is -0.384. The average Bonchev–Trinajstić information content (AvgIpc) is 3.07. The van der Waals surface area contributed by atoms with E-state index in [0.29, 0.717) is 5.92 Å². The molecule has 0 spiro atoms. The number of nitro benzene ring substituents is 1. The van der Waals surface area contributed by atoms with Crippen LogP contribution in [-0.4, -0.2) is 16.9 Å². The van der Waals surface area contributed by atoms with Gasteiger partial charge in [0.15, 0.2) is 0 Å². The van der Waals surface area contributed by atoms with E-state index in [0.717, 1.165) is 19.3 Å². The molecule has 1 aromatic carbocycles. The Balaban J connectivity index is 2.07. The van der Waals surface area contributed by atoms with Crippen LogP contribution in [0.25, 0.3) is 0 Å². The fourth-order valence-electron chi connectivity index (χ4n) is 2.21. The van der Waals surface area contributed by atoms with Crippen molar-refractivity contribution in [2.45, 2.75) is 32.2 Å². The fourth-order valence-corrected chi connectivity index (χ4v) is 2.21. The third-order valence-corrected chi connectivity index (χ3v) is 3.39. The third kappa shape index (κ3) is 3.01. The quantitative estimate of drug-likeness (QED) is 0.482. The molecule has 6 nitrogen and oxygen atoms in total. The van der Waals surface area contributed by atoms with E-state index >= 15 is 0 Å². The van der Waals surface area contributed by atoms with Crippen LogP contribution in [0, 0.1) is 16.0 Å². The Morgan fingerprint density at radius 1 is 1.58 bits per heavy atom. The summed E-state index contributed by atoms with van der Waals surface area (Å²) >= 11 is 0. The van der Waals surface area contributed by atoms with E-state index in [1.54, 1.807) is 0 Å². The van der Waals surface area contributed by atoms with E-state index in [1.165, 1.54) is 18.2 Å². The van der Waals surface area contributed by atoms with Gasteiger partial charge in [-0.25, -0.2) is 0 Å². The monoisotopic (exact) mass is 263 g/mol. The minimum Gasteiger partial charge on any atom is -0.398 e. The number of nitrogens with zero attached hydrogens (tertiary/aromatic N) is 1. The molecule has 0 saturated heterocycles. The first kappa shape index (κ1) is 13.3. The molecule has 1 aliphatic carbocycles. The molecule has 0 radical (unpaired) electrons. The van der Waals surface area contributed by atoms with Crippen LogP contribution in [0.5, 0.6) is 0 Å². The maximum absolute atomic E-state index is 12.0. The molecule has 3 N–H and O–H groups in total. The van der Waals surface area contributed by atoms with Crippen LogP contribution >= 0.6 is 0 Å². The first-order valence-corrected chi connectivity index (χ1v) is 6.37. The van der Waals surface area contributed by atoms with E-state index < -0.39 is 4.92 Å². The lowest BCUT2D eigenvalue weighted by atomic mass is 10.1. The third-order valence-electron chi connectivity index (χ3n) is 3.39. The van der Waals surface area contributed by atoms with Gasteiger partial charge in [-0.2, -0.15) is 0 Å². The first-order valence-electron chi connectivity index (χ1n) is 6.37. The molecule has 0 bridgehead atoms. The highest BCUT2D eigenvalue weighted by Gasteiger charge is 2.37. The SMILES string of the molecule is CCCC1CC1NC(=O)c1cc([N+](=O)[O-])ccc1N. The number of carbonyl (C=O) groups is 1. The molecule has 102 valence electrons. The molecule has 2 atom stereocenters. The van der Waals surface area contributed by atoms with Gasteiger partial charge in [0.1, 0.15) is 0 Å². The molecular formula is C13H17N3O3. The van der Waals surface area contributed by atoms with Crippen LogP contribution in [-0.2, 0) is 0 Å². The Morgan fingerprint density at radius 3 is 2.95 bits per heavy atom. The summed E-state index contributed by atoms with van der Waals surface area (Å²) in [6.07, 6.45) is 3.17. The highest BCUT2D eigenvalue weighted by molar-refractivity contribution is 6.00. The van der Waals surface area contributed by atoms with Crippen molar-refractivity contribution < 1.29 is 9.72 Å². The van der Waals surface area contributed by atoms with Gasteiger partial charge in [0.05, 0.1) is 10.5 Å². The van der Waals surface area contributed by atoms with Crippen molar-refractivity contribution >= 4 is 17.3 Å². The summed E-state index contributed by atoms with van der Waals surface area (Å²) in [4.78, 5) is 22.2. The Hall–Kier alpha value is -2.11. The minimum absolute atomic E-state index is 0.125. The van der Waals surface area contributed by atoms with Crippen molar-refractivity contribution in [3.8, 4) is 0 Å². The number of hydrogen-bond acceptors (Lipinski definition) is 4. The number of nitrogens with two attached hydrogens (primary N) is 1. The number of nitrogen functional groups attached to an aromatic ring is 1. The average molecular weight is 263 g/mol. The van der Waals surface area contributed by atoms with Crippen LogP contribution in [0.2, 0.25) is 0 Å². The van der Waals surface area contributed by atoms with Gasteiger partial charge in [0, 0.05) is 23.9 Å². The topological polar surface area (TPSA) is 98.3 Å². The van der Waals surface area contributed by atoms with Crippen molar-refractivity contribution in [1.29, 1.82) is 0 Å². The number of amides is 1. The van der Waals surface area contributed by atoms with Gasteiger partial charge < -0.3 is 11.1 Å². The predicted molar refractivity (Wildman–Crippen MR) is 71.8 cm³/mol. The van der Waals surface area contributed by atoms with Crippen molar-refractivity contribution in [3.63, 3.8) is 0 Å². The van der Waals surface area contributed by atoms with Gasteiger partial charge >= 0.3 is 0 Å². The second-order valence-corrected chi connectivity index (χ2v) is 4.89. The fraction of sp³-hybridized carbons (Fsp3) is 0.462. The summed E-state index contributed by atoms with van der Waals surface area (Å²) < 4.78 is 0. The second kappa shape index (κ2) is 5.26. The molecule has 1 fully saturated rings. The van der Waals surface area contributed by atoms with E-state index in [4.69, 9.17) is 5.73 Å². The Bertz CT molecular complexity index is 516. The number of non-ortho nitro benzene ring substituents is 1. The summed E-state index contributed by atoms with van der Waals surface area (Å²) in [5.41, 5.74) is 6.01. The number of carbonyl (C=O) groups excluding carboxylic acids is 1. The Kier molecular flexibility index (Phi) is 3.69. The molecule has 0 heterocycles. The molecule has 1 aromatic rings. The summed E-state index contributed by atoms with van der Waals surface area (Å²) in [5, 5.41) is 13.6. The Morgan fingerprint density at radius 2 is 2.32 bits per heavy atom. The first-order chi connectivity index (χ1) is 9.02. The number of hydrogen-bond donors (Lipinski definition) is 2. The van der Waals surface area contributed by atoms with Gasteiger partial charge in [-0.3, -0.25) is 14.9 Å². The van der Waals surface area contributed by atoms with E-state index in [9.17, 15) is 14.9 Å². The zero-order valence-electron chi connectivity index (χ0n) is 10.8. The van der Waals surface area contributed by atoms with Gasteiger partial charge in [0.2, 0.25) is 0 Å². The maximum Gasteiger partial charge on any atom is 0.270 e. The van der Waals surface area contributed by atoms with Crippen molar-refractivity contribution in [1.82, 2.24) is 5.32 Å². The molecular weight excluding hydrogens is 246 g/mol. The predicted octanol–water partition coefficient (Wildman–Crippen LogP) is 2.10. The largest absolute Gasteiger partial charge is 0.398 e. The van der Waals surface area contributed by atoms with Crippen LogP contribution in [0.3, 0.4) is 0 Å². The van der Waals surface area contributed by atoms with Gasteiger partial charge in [0.25, 0.3) is 11.6 Å². The van der Waals surface area contributed by atoms with Crippen LogP contribution < -0.4 is 11.1 Å². The molecule has 0 aliphatic heterocycles. The lowest BCUT2D eigenvalue weighted by Crippen LogP contribution is -2.27. The van der Waals surface area contributed by atoms with E-state index in [1.807, 2.05) is 0 Å². The van der Waals surface area contributed by atoms with Crippen LogP contribution in [0.1, 0.15) is 36.5 Å². The molecule has 2 unspecified atom stereocenters. The standard InChI is InChI=1S/C13H17N3O3/c1-2-3-8-6-12(8)15-13(17)10-7-9(16(18)19)4-5-11(10)14/h4-5,7-8,12H,2-3,6,14H2,1H3,(H,15,17). The summed E-state index contributed by atoms with van der Waals surface area (Å²) in [6.45, 7) is 2.11. The lowest BCUT2D eigenvalue weighted by Gasteiger charge is -2.07. The van der Waals surface area contributed by atoms with Crippen LogP contribution in [0.4, 0.5) is 11.4 Å². The summed E-state index contributed by atoms with van der Waals surface area (Å²) in [7, 11) is 0. The zero-order chi connectivity index (χ0) is 14.0. The van der Waals surface area contributed by atoms with E-state index in [2.05, 4.69) is 12.2 Å². The van der Waals surface area contributed by atoms with Crippen molar-refractivity contribution in [3.05, 3.63) is 33.9 Å². The normalized spacial score (nSPS) is 20.9. The number of nitro groups is 1. The highest BCUT2D eigenvalue weighted by Crippen LogP contribution is 2.35. The minimum atomic E-state index is -0.534. The molecule has 6 heteroatoms. The number of benzene rings is 1. The molecule has 1 amide bonds. The smallest absolute Gasteiger partial charge is 0.270 e. The Labute approximate surface area is 111 Å². The number of anilines is 1. The van der Waals surface area contributed by atoms with E-state index in [-0.39, 0.29) is 28.9 Å².